The molecule has 1 saturated heterocycles. The maximum absolute atomic E-state index is 12.2. The first-order valence-corrected chi connectivity index (χ1v) is 9.26. The van der Waals surface area contributed by atoms with Gasteiger partial charge < -0.3 is 10.6 Å². The van der Waals surface area contributed by atoms with Gasteiger partial charge in [-0.1, -0.05) is 12.1 Å². The number of benzene rings is 1. The summed E-state index contributed by atoms with van der Waals surface area (Å²) in [5, 5.41) is 5.49. The summed E-state index contributed by atoms with van der Waals surface area (Å²) >= 11 is 0. The van der Waals surface area contributed by atoms with E-state index in [0.717, 1.165) is 19.1 Å². The molecule has 1 fully saturated rings. The van der Waals surface area contributed by atoms with Crippen LogP contribution in [0.5, 0.6) is 0 Å². The SMILES string of the molecule is CS(=O)(=O)Cc1ccc(C(=O)NC2CCCCNC2=O)cc1. The quantitative estimate of drug-likeness (QED) is 0.849. The van der Waals surface area contributed by atoms with Crippen LogP contribution >= 0.6 is 0 Å². The molecule has 1 aliphatic rings. The lowest BCUT2D eigenvalue weighted by Crippen LogP contribution is -2.45. The van der Waals surface area contributed by atoms with Crippen LogP contribution in [-0.2, 0) is 20.4 Å². The van der Waals surface area contributed by atoms with E-state index < -0.39 is 15.9 Å². The molecule has 1 aliphatic heterocycles. The number of carbonyl (C=O) groups is 2. The average Bonchev–Trinajstić information content (AvgIpc) is 2.63. The van der Waals surface area contributed by atoms with Crippen molar-refractivity contribution in [1.82, 2.24) is 10.6 Å². The fourth-order valence-corrected chi connectivity index (χ4v) is 3.17. The minimum Gasteiger partial charge on any atom is -0.354 e. The van der Waals surface area contributed by atoms with Gasteiger partial charge in [-0.2, -0.15) is 0 Å². The maximum atomic E-state index is 12.2. The minimum atomic E-state index is -3.10. The van der Waals surface area contributed by atoms with E-state index in [1.807, 2.05) is 0 Å². The first-order valence-electron chi connectivity index (χ1n) is 7.20. The van der Waals surface area contributed by atoms with Crippen LogP contribution in [0.2, 0.25) is 0 Å². The number of amides is 2. The molecule has 6 nitrogen and oxygen atoms in total. The van der Waals surface area contributed by atoms with Crippen molar-refractivity contribution in [3.8, 4) is 0 Å². The van der Waals surface area contributed by atoms with Crippen LogP contribution in [0, 0.1) is 0 Å². The summed E-state index contributed by atoms with van der Waals surface area (Å²) in [6.07, 6.45) is 3.59. The van der Waals surface area contributed by atoms with Gasteiger partial charge in [0.1, 0.15) is 6.04 Å². The highest BCUT2D eigenvalue weighted by Crippen LogP contribution is 2.10. The van der Waals surface area contributed by atoms with E-state index >= 15 is 0 Å². The van der Waals surface area contributed by atoms with Gasteiger partial charge in [0.15, 0.2) is 9.84 Å². The van der Waals surface area contributed by atoms with Gasteiger partial charge in [-0.15, -0.1) is 0 Å². The van der Waals surface area contributed by atoms with Crippen molar-refractivity contribution in [3.05, 3.63) is 35.4 Å². The van der Waals surface area contributed by atoms with Crippen LogP contribution in [0.15, 0.2) is 24.3 Å². The van der Waals surface area contributed by atoms with Crippen LogP contribution in [0.4, 0.5) is 0 Å². The molecule has 2 amide bonds. The molecule has 1 atom stereocenters. The third kappa shape index (κ3) is 4.84. The Balaban J connectivity index is 2.01. The molecule has 2 N–H and O–H groups in total. The average molecular weight is 324 g/mol. The van der Waals surface area contributed by atoms with E-state index in [0.29, 0.717) is 24.1 Å². The van der Waals surface area contributed by atoms with E-state index in [1.165, 1.54) is 0 Å². The minimum absolute atomic E-state index is 0.0556. The van der Waals surface area contributed by atoms with E-state index in [1.54, 1.807) is 24.3 Å². The smallest absolute Gasteiger partial charge is 0.251 e. The zero-order valence-corrected chi connectivity index (χ0v) is 13.3. The molecule has 0 saturated carbocycles. The number of nitrogens with one attached hydrogen (secondary N) is 2. The molecule has 1 aromatic carbocycles. The highest BCUT2D eigenvalue weighted by atomic mass is 32.2. The summed E-state index contributed by atoms with van der Waals surface area (Å²) in [4.78, 5) is 24.0. The van der Waals surface area contributed by atoms with Crippen LogP contribution in [0.3, 0.4) is 0 Å². The van der Waals surface area contributed by atoms with Crippen LogP contribution in [0.25, 0.3) is 0 Å². The van der Waals surface area contributed by atoms with Crippen LogP contribution < -0.4 is 10.6 Å². The lowest BCUT2D eigenvalue weighted by Gasteiger charge is -2.15. The van der Waals surface area contributed by atoms with E-state index in [9.17, 15) is 18.0 Å². The predicted molar refractivity (Wildman–Crippen MR) is 83.1 cm³/mol. The second-order valence-corrected chi connectivity index (χ2v) is 7.72. The molecule has 7 heteroatoms. The summed E-state index contributed by atoms with van der Waals surface area (Å²) in [7, 11) is -3.10. The molecular weight excluding hydrogens is 304 g/mol. The molecule has 0 radical (unpaired) electrons. The second kappa shape index (κ2) is 6.91. The maximum Gasteiger partial charge on any atom is 0.251 e. The molecular formula is C15H20N2O4S. The van der Waals surface area contributed by atoms with Crippen molar-refractivity contribution in [2.75, 3.05) is 12.8 Å². The van der Waals surface area contributed by atoms with Crippen LogP contribution in [0.1, 0.15) is 35.2 Å². The Hall–Kier alpha value is -1.89. The van der Waals surface area contributed by atoms with E-state index in [-0.39, 0.29) is 17.6 Å². The molecule has 1 aromatic rings. The zero-order chi connectivity index (χ0) is 16.2. The molecule has 0 bridgehead atoms. The first kappa shape index (κ1) is 16.5. The molecule has 0 aromatic heterocycles. The Morgan fingerprint density at radius 3 is 2.59 bits per heavy atom. The lowest BCUT2D eigenvalue weighted by molar-refractivity contribution is -0.122. The van der Waals surface area contributed by atoms with Gasteiger partial charge in [0.25, 0.3) is 5.91 Å². The normalized spacial score (nSPS) is 19.1. The standard InChI is InChI=1S/C15H20N2O4S/c1-22(20,21)10-11-5-7-12(8-6-11)14(18)17-13-4-2-3-9-16-15(13)19/h5-8,13H,2-4,9-10H2,1H3,(H,16,19)(H,17,18). The predicted octanol–water partition coefficient (Wildman–Crippen LogP) is 0.630. The van der Waals surface area contributed by atoms with Crippen molar-refractivity contribution in [2.45, 2.75) is 31.1 Å². The van der Waals surface area contributed by atoms with Gasteiger partial charge in [-0.3, -0.25) is 9.59 Å². The molecule has 2 rings (SSSR count). The zero-order valence-electron chi connectivity index (χ0n) is 12.5. The number of carbonyl (C=O) groups excluding carboxylic acids is 2. The van der Waals surface area contributed by atoms with Crippen LogP contribution in [-0.4, -0.2) is 39.1 Å². The number of hydrogen-bond donors (Lipinski definition) is 2. The summed E-state index contributed by atoms with van der Waals surface area (Å²) in [5.41, 5.74) is 1.04. The van der Waals surface area contributed by atoms with Crippen molar-refractivity contribution < 1.29 is 18.0 Å². The van der Waals surface area contributed by atoms with Crippen molar-refractivity contribution in [1.29, 1.82) is 0 Å². The van der Waals surface area contributed by atoms with Gasteiger partial charge in [0, 0.05) is 18.4 Å². The number of sulfone groups is 1. The molecule has 0 aliphatic carbocycles. The van der Waals surface area contributed by atoms with Crippen molar-refractivity contribution in [3.63, 3.8) is 0 Å². The third-order valence-corrected chi connectivity index (χ3v) is 4.34. The lowest BCUT2D eigenvalue weighted by atomic mass is 10.1. The summed E-state index contributed by atoms with van der Waals surface area (Å²) in [6.45, 7) is 0.644. The van der Waals surface area contributed by atoms with E-state index in [2.05, 4.69) is 10.6 Å². The Labute approximate surface area is 130 Å². The summed E-state index contributed by atoms with van der Waals surface area (Å²) in [5.74, 6) is -0.535. The second-order valence-electron chi connectivity index (χ2n) is 5.58. The Morgan fingerprint density at radius 2 is 1.95 bits per heavy atom. The van der Waals surface area contributed by atoms with Crippen molar-refractivity contribution in [2.24, 2.45) is 0 Å². The fourth-order valence-electron chi connectivity index (χ4n) is 2.37. The highest BCUT2D eigenvalue weighted by Gasteiger charge is 2.22. The topological polar surface area (TPSA) is 92.3 Å². The van der Waals surface area contributed by atoms with Gasteiger partial charge >= 0.3 is 0 Å². The Kier molecular flexibility index (Phi) is 5.18. The summed E-state index contributed by atoms with van der Waals surface area (Å²) < 4.78 is 22.5. The number of hydrogen-bond acceptors (Lipinski definition) is 4. The first-order chi connectivity index (χ1) is 10.3. The molecule has 120 valence electrons. The largest absolute Gasteiger partial charge is 0.354 e. The van der Waals surface area contributed by atoms with Gasteiger partial charge in [0.05, 0.1) is 5.75 Å². The molecule has 22 heavy (non-hydrogen) atoms. The Bertz CT molecular complexity index is 653. The molecule has 1 unspecified atom stereocenters. The summed E-state index contributed by atoms with van der Waals surface area (Å²) in [6, 6.07) is 5.87. The third-order valence-electron chi connectivity index (χ3n) is 3.49. The van der Waals surface area contributed by atoms with Gasteiger partial charge in [-0.05, 0) is 37.0 Å². The fraction of sp³-hybridized carbons (Fsp3) is 0.467. The van der Waals surface area contributed by atoms with E-state index in [4.69, 9.17) is 0 Å². The highest BCUT2D eigenvalue weighted by molar-refractivity contribution is 7.89. The monoisotopic (exact) mass is 324 g/mol. The number of rotatable bonds is 4. The molecule has 0 spiro atoms. The van der Waals surface area contributed by atoms with Gasteiger partial charge in [-0.25, -0.2) is 8.42 Å². The Morgan fingerprint density at radius 1 is 1.27 bits per heavy atom. The van der Waals surface area contributed by atoms with Crippen molar-refractivity contribution >= 4 is 21.7 Å². The van der Waals surface area contributed by atoms with Gasteiger partial charge in [0.2, 0.25) is 5.91 Å². The molecule has 1 heterocycles.